The fraction of sp³-hybridized carbons (Fsp3) is 0.391. The molecule has 31 heavy (non-hydrogen) atoms. The number of carbonyl (C=O) groups excluding carboxylic acids is 2. The van der Waals surface area contributed by atoms with Crippen LogP contribution in [-0.2, 0) is 16.1 Å². The van der Waals surface area contributed by atoms with Crippen molar-refractivity contribution in [2.24, 2.45) is 5.92 Å². The molecular formula is C23H27BrClFN2O3. The molecule has 0 unspecified atom stereocenters. The van der Waals surface area contributed by atoms with Crippen LogP contribution in [0.15, 0.2) is 46.9 Å². The van der Waals surface area contributed by atoms with E-state index in [-0.39, 0.29) is 36.7 Å². The van der Waals surface area contributed by atoms with Crippen molar-refractivity contribution in [3.63, 3.8) is 0 Å². The van der Waals surface area contributed by atoms with E-state index in [9.17, 15) is 14.0 Å². The Hall–Kier alpha value is -2.12. The van der Waals surface area contributed by atoms with Crippen molar-refractivity contribution in [1.29, 1.82) is 0 Å². The molecule has 2 amide bonds. The second-order valence-electron chi connectivity index (χ2n) is 7.57. The largest absolute Gasteiger partial charge is 0.482 e. The second kappa shape index (κ2) is 12.1. The Morgan fingerprint density at radius 2 is 1.87 bits per heavy atom. The summed E-state index contributed by atoms with van der Waals surface area (Å²) in [7, 11) is 0. The van der Waals surface area contributed by atoms with Gasteiger partial charge in [0.25, 0.3) is 5.91 Å². The maximum Gasteiger partial charge on any atom is 0.261 e. The number of benzene rings is 2. The van der Waals surface area contributed by atoms with Crippen LogP contribution in [0.5, 0.6) is 5.75 Å². The first-order valence-corrected chi connectivity index (χ1v) is 11.3. The summed E-state index contributed by atoms with van der Waals surface area (Å²) < 4.78 is 19.7. The summed E-state index contributed by atoms with van der Waals surface area (Å²) in [4.78, 5) is 27.4. The molecule has 0 fully saturated rings. The summed E-state index contributed by atoms with van der Waals surface area (Å²) in [5.74, 6) is -0.303. The van der Waals surface area contributed by atoms with Crippen molar-refractivity contribution in [2.45, 2.75) is 39.8 Å². The first-order valence-electron chi connectivity index (χ1n) is 10.1. The highest BCUT2D eigenvalue weighted by Gasteiger charge is 2.29. The van der Waals surface area contributed by atoms with Crippen LogP contribution in [0.1, 0.15) is 32.8 Å². The molecule has 2 aromatic carbocycles. The van der Waals surface area contributed by atoms with E-state index >= 15 is 0 Å². The molecule has 1 N–H and O–H groups in total. The van der Waals surface area contributed by atoms with E-state index in [0.717, 1.165) is 4.47 Å². The van der Waals surface area contributed by atoms with Crippen molar-refractivity contribution in [2.75, 3.05) is 13.2 Å². The maximum atomic E-state index is 13.3. The SMILES string of the molecule is CC[C@H](C(=O)NCC(C)C)N(Cc1ccc(F)cc1)C(=O)COc1ccc(Br)cc1Cl. The van der Waals surface area contributed by atoms with Crippen molar-refractivity contribution in [3.8, 4) is 5.75 Å². The zero-order chi connectivity index (χ0) is 23.0. The maximum absolute atomic E-state index is 13.3. The summed E-state index contributed by atoms with van der Waals surface area (Å²) in [5.41, 5.74) is 0.714. The van der Waals surface area contributed by atoms with Crippen LogP contribution in [-0.4, -0.2) is 35.9 Å². The summed E-state index contributed by atoms with van der Waals surface area (Å²) in [5, 5.41) is 3.26. The third kappa shape index (κ3) is 7.82. The number of rotatable bonds is 10. The highest BCUT2D eigenvalue weighted by atomic mass is 79.9. The Morgan fingerprint density at radius 1 is 1.19 bits per heavy atom. The Bertz CT molecular complexity index is 893. The van der Waals surface area contributed by atoms with Gasteiger partial charge in [-0.2, -0.15) is 0 Å². The van der Waals surface area contributed by atoms with E-state index in [1.165, 1.54) is 17.0 Å². The summed E-state index contributed by atoms with van der Waals surface area (Å²) in [6.07, 6.45) is 0.426. The van der Waals surface area contributed by atoms with Crippen LogP contribution in [0.2, 0.25) is 5.02 Å². The molecule has 0 aliphatic heterocycles. The zero-order valence-electron chi connectivity index (χ0n) is 17.8. The molecule has 0 saturated heterocycles. The van der Waals surface area contributed by atoms with E-state index in [2.05, 4.69) is 21.2 Å². The van der Waals surface area contributed by atoms with E-state index < -0.39 is 6.04 Å². The first-order chi connectivity index (χ1) is 14.7. The fourth-order valence-electron chi connectivity index (χ4n) is 2.94. The van der Waals surface area contributed by atoms with Crippen molar-refractivity contribution in [3.05, 3.63) is 63.3 Å². The van der Waals surface area contributed by atoms with E-state index in [1.54, 1.807) is 30.3 Å². The third-order valence-corrected chi connectivity index (χ3v) is 5.37. The van der Waals surface area contributed by atoms with Gasteiger partial charge in [-0.05, 0) is 48.2 Å². The molecule has 0 heterocycles. The van der Waals surface area contributed by atoms with Crippen LogP contribution < -0.4 is 10.1 Å². The molecular weight excluding hydrogens is 487 g/mol. The van der Waals surface area contributed by atoms with Gasteiger partial charge >= 0.3 is 0 Å². The molecule has 0 spiro atoms. The molecule has 5 nitrogen and oxygen atoms in total. The highest BCUT2D eigenvalue weighted by Crippen LogP contribution is 2.28. The Balaban J connectivity index is 2.20. The number of amides is 2. The quantitative estimate of drug-likeness (QED) is 0.475. The molecule has 0 radical (unpaired) electrons. The van der Waals surface area contributed by atoms with Gasteiger partial charge in [-0.15, -0.1) is 0 Å². The Morgan fingerprint density at radius 3 is 2.45 bits per heavy atom. The van der Waals surface area contributed by atoms with Crippen LogP contribution in [0.3, 0.4) is 0 Å². The van der Waals surface area contributed by atoms with Gasteiger partial charge in [0, 0.05) is 17.6 Å². The normalized spacial score (nSPS) is 11.8. The molecule has 8 heteroatoms. The number of carbonyl (C=O) groups is 2. The molecule has 0 aliphatic rings. The minimum Gasteiger partial charge on any atom is -0.482 e. The van der Waals surface area contributed by atoms with Crippen LogP contribution >= 0.6 is 27.5 Å². The van der Waals surface area contributed by atoms with Gasteiger partial charge in [0.05, 0.1) is 5.02 Å². The highest BCUT2D eigenvalue weighted by molar-refractivity contribution is 9.10. The van der Waals surface area contributed by atoms with E-state index in [0.29, 0.717) is 29.3 Å². The standard InChI is InChI=1S/C23H27BrClFN2O3/c1-4-20(23(30)27-12-15(2)3)28(13-16-5-8-18(26)9-6-16)22(29)14-31-21-10-7-17(24)11-19(21)25/h5-11,15,20H,4,12-14H2,1-3H3,(H,27,30)/t20-/m1/s1. The lowest BCUT2D eigenvalue weighted by molar-refractivity contribution is -0.143. The second-order valence-corrected chi connectivity index (χ2v) is 8.90. The molecule has 0 aliphatic carbocycles. The van der Waals surface area contributed by atoms with Crippen molar-refractivity contribution >= 4 is 39.3 Å². The molecule has 1 atom stereocenters. The van der Waals surface area contributed by atoms with Gasteiger partial charge in [-0.25, -0.2) is 4.39 Å². The predicted molar refractivity (Wildman–Crippen MR) is 124 cm³/mol. The van der Waals surface area contributed by atoms with Gasteiger partial charge in [0.1, 0.15) is 17.6 Å². The Labute approximate surface area is 196 Å². The predicted octanol–water partition coefficient (Wildman–Crippen LogP) is 5.20. The van der Waals surface area contributed by atoms with Crippen molar-refractivity contribution in [1.82, 2.24) is 10.2 Å². The molecule has 2 aromatic rings. The van der Waals surface area contributed by atoms with Crippen LogP contribution in [0, 0.1) is 11.7 Å². The minimum atomic E-state index is -0.680. The first kappa shape index (κ1) is 25.1. The number of ether oxygens (including phenoxy) is 1. The van der Waals surface area contributed by atoms with Crippen LogP contribution in [0.4, 0.5) is 4.39 Å². The monoisotopic (exact) mass is 512 g/mol. The number of hydrogen-bond acceptors (Lipinski definition) is 3. The number of halogens is 3. The van der Waals surface area contributed by atoms with Gasteiger partial charge in [-0.1, -0.05) is 60.4 Å². The molecule has 168 valence electrons. The topological polar surface area (TPSA) is 58.6 Å². The van der Waals surface area contributed by atoms with Crippen LogP contribution in [0.25, 0.3) is 0 Å². The molecule has 2 rings (SSSR count). The lowest BCUT2D eigenvalue weighted by Gasteiger charge is -2.31. The van der Waals surface area contributed by atoms with E-state index in [4.69, 9.17) is 16.3 Å². The lowest BCUT2D eigenvalue weighted by Crippen LogP contribution is -2.50. The number of hydrogen-bond donors (Lipinski definition) is 1. The average Bonchev–Trinajstić information content (AvgIpc) is 2.72. The Kier molecular flexibility index (Phi) is 9.78. The average molecular weight is 514 g/mol. The van der Waals surface area contributed by atoms with Gasteiger partial charge in [-0.3, -0.25) is 9.59 Å². The third-order valence-electron chi connectivity index (χ3n) is 4.58. The summed E-state index contributed by atoms with van der Waals surface area (Å²) in [6, 6.07) is 10.3. The summed E-state index contributed by atoms with van der Waals surface area (Å²) >= 11 is 9.49. The van der Waals surface area contributed by atoms with Crippen molar-refractivity contribution < 1.29 is 18.7 Å². The minimum absolute atomic E-state index is 0.157. The smallest absolute Gasteiger partial charge is 0.261 e. The molecule has 0 saturated carbocycles. The fourth-order valence-corrected chi connectivity index (χ4v) is 3.67. The van der Waals surface area contributed by atoms with Gasteiger partial charge in [0.15, 0.2) is 6.61 Å². The number of nitrogens with zero attached hydrogens (tertiary/aromatic N) is 1. The van der Waals surface area contributed by atoms with Gasteiger partial charge < -0.3 is 15.0 Å². The molecule has 0 bridgehead atoms. The lowest BCUT2D eigenvalue weighted by atomic mass is 10.1. The zero-order valence-corrected chi connectivity index (χ0v) is 20.2. The van der Waals surface area contributed by atoms with E-state index in [1.807, 2.05) is 20.8 Å². The number of nitrogens with one attached hydrogen (secondary N) is 1. The molecule has 0 aromatic heterocycles. The van der Waals surface area contributed by atoms with Gasteiger partial charge in [0.2, 0.25) is 5.91 Å². The summed E-state index contributed by atoms with van der Waals surface area (Å²) in [6.45, 7) is 6.23.